The van der Waals surface area contributed by atoms with Crippen LogP contribution in [-0.4, -0.2) is 68.5 Å². The smallest absolute Gasteiger partial charge is 0.415 e. The van der Waals surface area contributed by atoms with Crippen molar-refractivity contribution >= 4 is 23.3 Å². The Morgan fingerprint density at radius 3 is 2.65 bits per heavy atom. The minimum atomic E-state index is -0.512. The third kappa shape index (κ3) is 4.83. The van der Waals surface area contributed by atoms with Gasteiger partial charge in [-0.05, 0) is 42.4 Å². The van der Waals surface area contributed by atoms with Gasteiger partial charge in [-0.25, -0.2) is 0 Å². The van der Waals surface area contributed by atoms with Crippen molar-refractivity contribution in [1.29, 1.82) is 0 Å². The number of hydrogen-bond acceptors (Lipinski definition) is 6. The Labute approximate surface area is 185 Å². The minimum absolute atomic E-state index is 0.110. The molecular formula is C21H26ClN5O4. The molecule has 1 fully saturated rings. The molecule has 1 saturated heterocycles. The summed E-state index contributed by atoms with van der Waals surface area (Å²) in [6.45, 7) is 4.97. The fourth-order valence-corrected chi connectivity index (χ4v) is 4.53. The highest BCUT2D eigenvalue weighted by Crippen LogP contribution is 2.32. The molecule has 0 spiro atoms. The normalized spacial score (nSPS) is 21.5. The number of likely N-dealkylation sites (N-methyl/N-ethyl adjacent to an activating group) is 1. The summed E-state index contributed by atoms with van der Waals surface area (Å²) in [7, 11) is 1.88. The van der Waals surface area contributed by atoms with E-state index < -0.39 is 10.5 Å². The van der Waals surface area contributed by atoms with E-state index in [0.29, 0.717) is 30.5 Å². The van der Waals surface area contributed by atoms with Crippen LogP contribution in [0.1, 0.15) is 25.3 Å². The van der Waals surface area contributed by atoms with E-state index in [-0.39, 0.29) is 17.8 Å². The number of carbonyl (C=O) groups excluding carboxylic acids is 1. The Hall–Kier alpha value is -2.65. The van der Waals surface area contributed by atoms with Crippen LogP contribution in [0, 0.1) is 10.1 Å². The van der Waals surface area contributed by atoms with E-state index in [0.717, 1.165) is 31.5 Å². The molecule has 4 rings (SSSR count). The monoisotopic (exact) mass is 447 g/mol. The molecular weight excluding hydrogens is 422 g/mol. The van der Waals surface area contributed by atoms with Crippen molar-refractivity contribution < 1.29 is 14.5 Å². The maximum Gasteiger partial charge on any atom is 0.415 e. The van der Waals surface area contributed by atoms with Crippen molar-refractivity contribution in [2.75, 3.05) is 26.7 Å². The van der Waals surface area contributed by atoms with Crippen LogP contribution in [0.3, 0.4) is 0 Å². The van der Waals surface area contributed by atoms with E-state index in [1.54, 1.807) is 16.7 Å². The first-order valence-corrected chi connectivity index (χ1v) is 10.7. The van der Waals surface area contributed by atoms with E-state index in [1.165, 1.54) is 6.20 Å². The van der Waals surface area contributed by atoms with Gasteiger partial charge in [0.25, 0.3) is 0 Å². The fourth-order valence-electron chi connectivity index (χ4n) is 4.41. The molecule has 2 aliphatic rings. The Bertz CT molecular complexity index is 945. The lowest BCUT2D eigenvalue weighted by atomic mass is 9.99. The van der Waals surface area contributed by atoms with Gasteiger partial charge in [-0.1, -0.05) is 23.7 Å². The second-order valence-corrected chi connectivity index (χ2v) is 9.07. The molecule has 1 aromatic carbocycles. The lowest BCUT2D eigenvalue weighted by molar-refractivity contribution is -0.389. The number of amides is 1. The SMILES string of the molecule is CN(C(=O)Cc1ccc(Cl)cc1)C1CCN(CC2(C)Cn3cc([N+](=O)[O-])nc3O2)CC1. The number of ether oxygens (including phenoxy) is 1. The largest absolute Gasteiger partial charge is 0.436 e. The van der Waals surface area contributed by atoms with Crippen molar-refractivity contribution in [2.24, 2.45) is 0 Å². The summed E-state index contributed by atoms with van der Waals surface area (Å²) < 4.78 is 7.65. The topological polar surface area (TPSA) is 93.7 Å². The van der Waals surface area contributed by atoms with Crippen LogP contribution in [0.25, 0.3) is 0 Å². The predicted octanol–water partition coefficient (Wildman–Crippen LogP) is 2.76. The molecule has 31 heavy (non-hydrogen) atoms. The molecule has 2 aliphatic heterocycles. The van der Waals surface area contributed by atoms with Crippen LogP contribution < -0.4 is 4.74 Å². The molecule has 0 bridgehead atoms. The zero-order valence-electron chi connectivity index (χ0n) is 17.7. The molecule has 0 N–H and O–H groups in total. The highest BCUT2D eigenvalue weighted by atomic mass is 35.5. The summed E-state index contributed by atoms with van der Waals surface area (Å²) in [6.07, 6.45) is 3.59. The molecule has 10 heteroatoms. The second kappa shape index (κ2) is 8.47. The highest BCUT2D eigenvalue weighted by Gasteiger charge is 2.42. The number of piperidine rings is 1. The van der Waals surface area contributed by atoms with E-state index in [1.807, 2.05) is 31.0 Å². The molecule has 0 saturated carbocycles. The Morgan fingerprint density at radius 2 is 2.03 bits per heavy atom. The molecule has 1 aromatic heterocycles. The number of nitro groups is 1. The predicted molar refractivity (Wildman–Crippen MR) is 115 cm³/mol. The van der Waals surface area contributed by atoms with Gasteiger partial charge in [-0.2, -0.15) is 0 Å². The van der Waals surface area contributed by atoms with Crippen molar-refractivity contribution in [3.8, 4) is 6.01 Å². The first-order chi connectivity index (χ1) is 14.7. The molecule has 3 heterocycles. The molecule has 2 aromatic rings. The lowest BCUT2D eigenvalue weighted by Crippen LogP contribution is -2.51. The van der Waals surface area contributed by atoms with Crippen molar-refractivity contribution in [1.82, 2.24) is 19.4 Å². The number of carbonyl (C=O) groups is 1. The number of fused-ring (bicyclic) bond motifs is 1. The quantitative estimate of drug-likeness (QED) is 0.499. The van der Waals surface area contributed by atoms with Crippen LogP contribution in [-0.2, 0) is 17.8 Å². The number of hydrogen-bond donors (Lipinski definition) is 0. The molecule has 9 nitrogen and oxygen atoms in total. The number of benzene rings is 1. The van der Waals surface area contributed by atoms with Gasteiger partial charge in [0.05, 0.1) is 13.0 Å². The summed E-state index contributed by atoms with van der Waals surface area (Å²) in [4.78, 5) is 31.2. The number of nitrogens with zero attached hydrogens (tertiary/aromatic N) is 5. The molecule has 1 atom stereocenters. The molecule has 166 valence electrons. The van der Waals surface area contributed by atoms with Gasteiger partial charge in [-0.3, -0.25) is 14.3 Å². The summed E-state index contributed by atoms with van der Waals surface area (Å²) in [6, 6.07) is 7.90. The van der Waals surface area contributed by atoms with E-state index in [4.69, 9.17) is 16.3 Å². The highest BCUT2D eigenvalue weighted by molar-refractivity contribution is 6.30. The number of likely N-dealkylation sites (tertiary alicyclic amines) is 1. The van der Waals surface area contributed by atoms with Crippen molar-refractivity contribution in [3.05, 3.63) is 51.2 Å². The summed E-state index contributed by atoms with van der Waals surface area (Å²) in [5, 5.41) is 11.5. The average molecular weight is 448 g/mol. The van der Waals surface area contributed by atoms with E-state index in [2.05, 4.69) is 9.88 Å². The van der Waals surface area contributed by atoms with Gasteiger partial charge in [0.1, 0.15) is 11.8 Å². The van der Waals surface area contributed by atoms with Crippen LogP contribution in [0.15, 0.2) is 30.5 Å². The third-order valence-corrected chi connectivity index (χ3v) is 6.33. The van der Waals surface area contributed by atoms with Crippen LogP contribution in [0.5, 0.6) is 6.01 Å². The molecule has 1 amide bonds. The van der Waals surface area contributed by atoms with Crippen molar-refractivity contribution in [3.63, 3.8) is 0 Å². The first kappa shape index (κ1) is 21.6. The average Bonchev–Trinajstić information content (AvgIpc) is 3.25. The fraction of sp³-hybridized carbons (Fsp3) is 0.524. The molecule has 0 aliphatic carbocycles. The molecule has 1 unspecified atom stereocenters. The molecule has 0 radical (unpaired) electrons. The Balaban J connectivity index is 1.26. The summed E-state index contributed by atoms with van der Waals surface area (Å²) in [5.41, 5.74) is 0.489. The van der Waals surface area contributed by atoms with Gasteiger partial charge >= 0.3 is 11.8 Å². The van der Waals surface area contributed by atoms with Crippen LogP contribution >= 0.6 is 11.6 Å². The third-order valence-electron chi connectivity index (χ3n) is 6.08. The minimum Gasteiger partial charge on any atom is -0.436 e. The summed E-state index contributed by atoms with van der Waals surface area (Å²) >= 11 is 5.92. The van der Waals surface area contributed by atoms with Gasteiger partial charge in [0.2, 0.25) is 5.91 Å². The van der Waals surface area contributed by atoms with Gasteiger partial charge in [0, 0.05) is 42.7 Å². The standard InChI is InChI=1S/C21H26ClN5O4/c1-21(14-26-12-18(27(29)30)23-20(26)31-21)13-25-9-7-17(8-10-25)24(2)19(28)11-15-3-5-16(22)6-4-15/h3-6,12,17H,7-11,13-14H2,1-2H3. The zero-order valence-corrected chi connectivity index (χ0v) is 18.4. The van der Waals surface area contributed by atoms with Crippen LogP contribution in [0.2, 0.25) is 5.02 Å². The Morgan fingerprint density at radius 1 is 1.35 bits per heavy atom. The maximum atomic E-state index is 12.7. The van der Waals surface area contributed by atoms with Crippen molar-refractivity contribution in [2.45, 2.75) is 44.4 Å². The number of aromatic nitrogens is 2. The summed E-state index contributed by atoms with van der Waals surface area (Å²) in [5.74, 6) is -0.0805. The number of halogens is 1. The Kier molecular flexibility index (Phi) is 5.90. The van der Waals surface area contributed by atoms with Gasteiger partial charge in [-0.15, -0.1) is 0 Å². The van der Waals surface area contributed by atoms with Crippen LogP contribution in [0.4, 0.5) is 5.82 Å². The van der Waals surface area contributed by atoms with E-state index >= 15 is 0 Å². The first-order valence-electron chi connectivity index (χ1n) is 10.4. The maximum absolute atomic E-state index is 12.7. The number of rotatable bonds is 6. The van der Waals surface area contributed by atoms with Gasteiger partial charge in [0.15, 0.2) is 0 Å². The number of imidazole rings is 1. The van der Waals surface area contributed by atoms with E-state index in [9.17, 15) is 14.9 Å². The second-order valence-electron chi connectivity index (χ2n) is 8.63. The lowest BCUT2D eigenvalue weighted by Gasteiger charge is -2.39. The van der Waals surface area contributed by atoms with Gasteiger partial charge < -0.3 is 19.8 Å². The zero-order chi connectivity index (χ0) is 22.2.